The molecule has 162 valence electrons. The van der Waals surface area contributed by atoms with Crippen LogP contribution in [0.3, 0.4) is 0 Å². The van der Waals surface area contributed by atoms with Crippen molar-refractivity contribution in [1.29, 1.82) is 0 Å². The third kappa shape index (κ3) is 6.81. The highest BCUT2D eigenvalue weighted by Crippen LogP contribution is 2.28. The van der Waals surface area contributed by atoms with E-state index in [1.165, 1.54) is 0 Å². The Balaban J connectivity index is 0.00000420. The number of hydrogen-bond acceptors (Lipinski definition) is 5. The van der Waals surface area contributed by atoms with Crippen molar-refractivity contribution in [2.75, 3.05) is 27.3 Å². The normalized spacial score (nSPS) is 13.3. The highest BCUT2D eigenvalue weighted by atomic mass is 127. The van der Waals surface area contributed by atoms with E-state index < -0.39 is 5.60 Å². The van der Waals surface area contributed by atoms with E-state index in [0.717, 1.165) is 22.6 Å². The predicted octanol–water partition coefficient (Wildman–Crippen LogP) is 3.49. The van der Waals surface area contributed by atoms with Gasteiger partial charge in [0.05, 0.1) is 27.3 Å². The minimum absolute atomic E-state index is 0. The minimum atomic E-state index is -1.08. The van der Waals surface area contributed by atoms with Crippen LogP contribution in [0.5, 0.6) is 11.5 Å². The highest BCUT2D eigenvalue weighted by Gasteiger charge is 2.27. The molecule has 0 spiro atoms. The number of aryl methyl sites for hydroxylation is 2. The van der Waals surface area contributed by atoms with Crippen molar-refractivity contribution in [1.82, 2.24) is 10.6 Å². The SMILES string of the molecule is CCNC(=NCc1ccc(OC)c(OC)c1)NCC(C)(O)c1cc(C)oc1C.I. The van der Waals surface area contributed by atoms with Crippen molar-refractivity contribution < 1.29 is 19.0 Å². The summed E-state index contributed by atoms with van der Waals surface area (Å²) >= 11 is 0. The first-order valence-corrected chi connectivity index (χ1v) is 9.33. The summed E-state index contributed by atoms with van der Waals surface area (Å²) < 4.78 is 16.1. The number of halogens is 1. The maximum atomic E-state index is 10.9. The second-order valence-corrected chi connectivity index (χ2v) is 6.84. The van der Waals surface area contributed by atoms with Crippen LogP contribution in [-0.4, -0.2) is 38.4 Å². The number of rotatable bonds is 8. The predicted molar refractivity (Wildman–Crippen MR) is 126 cm³/mol. The number of ether oxygens (including phenoxy) is 2. The molecular formula is C21H32IN3O4. The number of aliphatic hydroxyl groups is 1. The van der Waals surface area contributed by atoms with E-state index in [1.807, 2.05) is 45.0 Å². The summed E-state index contributed by atoms with van der Waals surface area (Å²) in [6.07, 6.45) is 0. The van der Waals surface area contributed by atoms with Crippen molar-refractivity contribution in [2.24, 2.45) is 4.99 Å². The number of aliphatic imine (C=N–C) groups is 1. The van der Waals surface area contributed by atoms with Crippen LogP contribution in [0.4, 0.5) is 0 Å². The zero-order valence-corrected chi connectivity index (χ0v) is 20.3. The zero-order chi connectivity index (χ0) is 20.7. The van der Waals surface area contributed by atoms with Crippen molar-refractivity contribution in [2.45, 2.75) is 39.8 Å². The highest BCUT2D eigenvalue weighted by molar-refractivity contribution is 14.0. The first-order valence-electron chi connectivity index (χ1n) is 9.33. The number of nitrogens with zero attached hydrogens (tertiary/aromatic N) is 1. The summed E-state index contributed by atoms with van der Waals surface area (Å²) in [6, 6.07) is 7.57. The summed E-state index contributed by atoms with van der Waals surface area (Å²) in [6.45, 7) is 8.95. The summed E-state index contributed by atoms with van der Waals surface area (Å²) in [4.78, 5) is 4.60. The van der Waals surface area contributed by atoms with Gasteiger partial charge in [-0.15, -0.1) is 24.0 Å². The molecule has 0 aliphatic rings. The molecule has 1 unspecified atom stereocenters. The van der Waals surface area contributed by atoms with Crippen molar-refractivity contribution >= 4 is 29.9 Å². The van der Waals surface area contributed by atoms with Gasteiger partial charge >= 0.3 is 0 Å². The second-order valence-electron chi connectivity index (χ2n) is 6.84. The molecule has 3 N–H and O–H groups in total. The molecular weight excluding hydrogens is 485 g/mol. The van der Waals surface area contributed by atoms with Crippen molar-refractivity contribution in [3.63, 3.8) is 0 Å². The fraction of sp³-hybridized carbons (Fsp3) is 0.476. The molecule has 29 heavy (non-hydrogen) atoms. The molecule has 1 atom stereocenters. The van der Waals surface area contributed by atoms with Gasteiger partial charge in [-0.1, -0.05) is 6.07 Å². The maximum Gasteiger partial charge on any atom is 0.191 e. The Morgan fingerprint density at radius 2 is 1.83 bits per heavy atom. The van der Waals surface area contributed by atoms with Gasteiger partial charge in [0, 0.05) is 12.1 Å². The van der Waals surface area contributed by atoms with Gasteiger partial charge in [-0.25, -0.2) is 4.99 Å². The fourth-order valence-electron chi connectivity index (χ4n) is 3.01. The summed E-state index contributed by atoms with van der Waals surface area (Å²) in [5.41, 5.74) is 0.678. The van der Waals surface area contributed by atoms with Gasteiger partial charge in [0.1, 0.15) is 17.1 Å². The van der Waals surface area contributed by atoms with Gasteiger partial charge in [0.2, 0.25) is 0 Å². The third-order valence-corrected chi connectivity index (χ3v) is 4.43. The molecule has 0 aliphatic heterocycles. The summed E-state index contributed by atoms with van der Waals surface area (Å²) in [5, 5.41) is 17.3. The molecule has 7 nitrogen and oxygen atoms in total. The van der Waals surface area contributed by atoms with Crippen molar-refractivity contribution in [3.8, 4) is 11.5 Å². The van der Waals surface area contributed by atoms with Crippen LogP contribution in [0.25, 0.3) is 0 Å². The lowest BCUT2D eigenvalue weighted by atomic mass is 9.96. The molecule has 0 amide bonds. The van der Waals surface area contributed by atoms with Crippen LogP contribution < -0.4 is 20.1 Å². The van der Waals surface area contributed by atoms with Crippen LogP contribution >= 0.6 is 24.0 Å². The number of methoxy groups -OCH3 is 2. The number of guanidine groups is 1. The number of furan rings is 1. The van der Waals surface area contributed by atoms with Gasteiger partial charge in [-0.05, 0) is 51.5 Å². The molecule has 1 heterocycles. The van der Waals surface area contributed by atoms with E-state index in [2.05, 4.69) is 15.6 Å². The van der Waals surface area contributed by atoms with E-state index >= 15 is 0 Å². The molecule has 8 heteroatoms. The Labute approximate surface area is 189 Å². The van der Waals surface area contributed by atoms with E-state index in [0.29, 0.717) is 37.1 Å². The van der Waals surface area contributed by atoms with Crippen molar-refractivity contribution in [3.05, 3.63) is 46.9 Å². The van der Waals surface area contributed by atoms with E-state index in [9.17, 15) is 5.11 Å². The number of hydrogen-bond donors (Lipinski definition) is 3. The van der Waals surface area contributed by atoms with Crippen LogP contribution in [0.2, 0.25) is 0 Å². The quantitative estimate of drug-likeness (QED) is 0.282. The summed E-state index contributed by atoms with van der Waals surface area (Å²) in [5.74, 6) is 3.47. The van der Waals surface area contributed by atoms with Crippen LogP contribution in [0.15, 0.2) is 33.7 Å². The van der Waals surface area contributed by atoms with E-state index in [-0.39, 0.29) is 24.0 Å². The Bertz CT molecular complexity index is 818. The lowest BCUT2D eigenvalue weighted by Crippen LogP contribution is -2.44. The average molecular weight is 517 g/mol. The van der Waals surface area contributed by atoms with Crippen LogP contribution in [-0.2, 0) is 12.1 Å². The standard InChI is InChI=1S/C21H31N3O4.HI/c1-7-22-20(23-12-16-8-9-18(26-5)19(11-16)27-6)24-13-21(4,25)17-10-14(2)28-15(17)3;/h8-11,25H,7,12-13H2,1-6H3,(H2,22,23,24);1H. The molecule has 1 aromatic heterocycles. The Morgan fingerprint density at radius 3 is 2.38 bits per heavy atom. The molecule has 2 rings (SSSR count). The van der Waals surface area contributed by atoms with Gasteiger partial charge in [0.15, 0.2) is 17.5 Å². The smallest absolute Gasteiger partial charge is 0.191 e. The Morgan fingerprint density at radius 1 is 1.14 bits per heavy atom. The fourth-order valence-corrected chi connectivity index (χ4v) is 3.01. The average Bonchev–Trinajstić information content (AvgIpc) is 3.02. The van der Waals surface area contributed by atoms with E-state index in [1.54, 1.807) is 21.1 Å². The Hall–Kier alpha value is -1.94. The summed E-state index contributed by atoms with van der Waals surface area (Å²) in [7, 11) is 3.22. The molecule has 0 bridgehead atoms. The number of nitrogens with one attached hydrogen (secondary N) is 2. The molecule has 0 aliphatic carbocycles. The molecule has 1 aromatic carbocycles. The lowest BCUT2D eigenvalue weighted by molar-refractivity contribution is 0.0601. The minimum Gasteiger partial charge on any atom is -0.493 e. The molecule has 2 aromatic rings. The second kappa shape index (κ2) is 11.3. The van der Waals surface area contributed by atoms with Crippen LogP contribution in [0, 0.1) is 13.8 Å². The number of benzene rings is 1. The van der Waals surface area contributed by atoms with Crippen LogP contribution in [0.1, 0.15) is 36.5 Å². The molecule has 0 radical (unpaired) electrons. The lowest BCUT2D eigenvalue weighted by Gasteiger charge is -2.24. The third-order valence-electron chi connectivity index (χ3n) is 4.43. The zero-order valence-electron chi connectivity index (χ0n) is 18.0. The van der Waals surface area contributed by atoms with Gasteiger partial charge in [0.25, 0.3) is 0 Å². The topological polar surface area (TPSA) is 88.3 Å². The molecule has 0 saturated carbocycles. The Kier molecular flexibility index (Phi) is 9.78. The first kappa shape index (κ1) is 25.1. The van der Waals surface area contributed by atoms with Gasteiger partial charge in [-0.2, -0.15) is 0 Å². The molecule has 0 saturated heterocycles. The van der Waals surface area contributed by atoms with Gasteiger partial charge in [-0.3, -0.25) is 0 Å². The maximum absolute atomic E-state index is 10.9. The largest absolute Gasteiger partial charge is 0.493 e. The monoisotopic (exact) mass is 517 g/mol. The van der Waals surface area contributed by atoms with Gasteiger partial charge < -0.3 is 29.6 Å². The molecule has 0 fully saturated rings. The van der Waals surface area contributed by atoms with E-state index in [4.69, 9.17) is 13.9 Å². The first-order chi connectivity index (χ1) is 13.3.